The molecule has 1 aliphatic heterocycles. The van der Waals surface area contributed by atoms with E-state index in [4.69, 9.17) is 4.99 Å². The molecule has 7 heteroatoms. The largest absolute Gasteiger partial charge is 0.378 e. The fraction of sp³-hybridized carbons (Fsp3) is 0.450. The molecule has 2 heterocycles. The summed E-state index contributed by atoms with van der Waals surface area (Å²) in [5.41, 5.74) is 2.42. The lowest BCUT2D eigenvalue weighted by molar-refractivity contribution is 0.370. The predicted molar refractivity (Wildman–Crippen MR) is 111 cm³/mol. The Morgan fingerprint density at radius 1 is 1.07 bits per heavy atom. The number of piperazine rings is 1. The number of aromatic nitrogens is 2. The summed E-state index contributed by atoms with van der Waals surface area (Å²) in [6.45, 7) is 7.25. The first-order valence-electron chi connectivity index (χ1n) is 9.49. The van der Waals surface area contributed by atoms with E-state index >= 15 is 0 Å². The van der Waals surface area contributed by atoms with Crippen LogP contribution in [-0.2, 0) is 6.54 Å². The molecule has 1 aromatic heterocycles. The first kappa shape index (κ1) is 18.9. The Kier molecular flexibility index (Phi) is 6.46. The Bertz CT molecular complexity index is 720. The zero-order chi connectivity index (χ0) is 19.1. The van der Waals surface area contributed by atoms with E-state index in [9.17, 15) is 0 Å². The summed E-state index contributed by atoms with van der Waals surface area (Å²) in [5.74, 6) is 1.78. The molecule has 1 aliphatic rings. The van der Waals surface area contributed by atoms with E-state index < -0.39 is 0 Å². The van der Waals surface area contributed by atoms with Gasteiger partial charge in [-0.1, -0.05) is 12.1 Å². The highest BCUT2D eigenvalue weighted by atomic mass is 15.4. The Morgan fingerprint density at radius 3 is 2.33 bits per heavy atom. The molecule has 1 aromatic carbocycles. The molecule has 0 amide bonds. The molecule has 0 bridgehead atoms. The maximum absolute atomic E-state index is 4.85. The van der Waals surface area contributed by atoms with Crippen LogP contribution in [0.1, 0.15) is 12.5 Å². The van der Waals surface area contributed by atoms with Gasteiger partial charge in [0.15, 0.2) is 5.96 Å². The van der Waals surface area contributed by atoms with E-state index in [1.54, 1.807) is 12.4 Å². The van der Waals surface area contributed by atoms with E-state index in [-0.39, 0.29) is 0 Å². The second-order valence-corrected chi connectivity index (χ2v) is 6.75. The van der Waals surface area contributed by atoms with Crippen molar-refractivity contribution in [3.63, 3.8) is 0 Å². The number of nitrogens with one attached hydrogen (secondary N) is 1. The summed E-state index contributed by atoms with van der Waals surface area (Å²) >= 11 is 0. The summed E-state index contributed by atoms with van der Waals surface area (Å²) in [6, 6.07) is 10.4. The van der Waals surface area contributed by atoms with Crippen molar-refractivity contribution in [3.05, 3.63) is 48.3 Å². The molecule has 0 aliphatic carbocycles. The highest BCUT2D eigenvalue weighted by molar-refractivity contribution is 5.80. The van der Waals surface area contributed by atoms with Crippen molar-refractivity contribution in [2.24, 2.45) is 4.99 Å². The fourth-order valence-electron chi connectivity index (χ4n) is 3.06. The van der Waals surface area contributed by atoms with Crippen molar-refractivity contribution in [2.45, 2.75) is 13.5 Å². The van der Waals surface area contributed by atoms with Gasteiger partial charge in [0.1, 0.15) is 0 Å². The molecule has 0 saturated carbocycles. The van der Waals surface area contributed by atoms with Gasteiger partial charge in [-0.2, -0.15) is 0 Å². The van der Waals surface area contributed by atoms with Gasteiger partial charge in [-0.15, -0.1) is 0 Å². The van der Waals surface area contributed by atoms with Crippen LogP contribution in [0.2, 0.25) is 0 Å². The van der Waals surface area contributed by atoms with Gasteiger partial charge in [0, 0.05) is 64.9 Å². The number of nitrogens with zero attached hydrogens (tertiary/aromatic N) is 6. The second kappa shape index (κ2) is 9.21. The van der Waals surface area contributed by atoms with Gasteiger partial charge in [-0.3, -0.25) is 0 Å². The number of hydrogen-bond donors (Lipinski definition) is 1. The molecule has 1 fully saturated rings. The minimum absolute atomic E-state index is 0.679. The molecule has 1 N–H and O–H groups in total. The summed E-state index contributed by atoms with van der Waals surface area (Å²) < 4.78 is 0. The third-order valence-corrected chi connectivity index (χ3v) is 4.61. The number of aliphatic imine (C=N–C) groups is 1. The minimum atomic E-state index is 0.679. The minimum Gasteiger partial charge on any atom is -0.378 e. The summed E-state index contributed by atoms with van der Waals surface area (Å²) in [7, 11) is 4.10. The van der Waals surface area contributed by atoms with Crippen LogP contribution < -0.4 is 15.1 Å². The van der Waals surface area contributed by atoms with E-state index in [2.05, 4.69) is 75.3 Å². The highest BCUT2D eigenvalue weighted by Crippen LogP contribution is 2.14. The average molecular weight is 368 g/mol. The highest BCUT2D eigenvalue weighted by Gasteiger charge is 2.20. The maximum atomic E-state index is 4.85. The summed E-state index contributed by atoms with van der Waals surface area (Å²) in [5, 5.41) is 3.42. The Hall–Kier alpha value is -2.83. The van der Waals surface area contributed by atoms with E-state index in [1.807, 2.05) is 6.07 Å². The lowest BCUT2D eigenvalue weighted by atomic mass is 10.2. The van der Waals surface area contributed by atoms with Crippen LogP contribution in [0.25, 0.3) is 0 Å². The molecular weight excluding hydrogens is 338 g/mol. The van der Waals surface area contributed by atoms with Crippen LogP contribution in [0.3, 0.4) is 0 Å². The molecule has 0 unspecified atom stereocenters. The first-order chi connectivity index (χ1) is 13.2. The number of anilines is 2. The zero-order valence-electron chi connectivity index (χ0n) is 16.5. The smallest absolute Gasteiger partial charge is 0.225 e. The molecule has 3 rings (SSSR count). The molecule has 7 nitrogen and oxygen atoms in total. The van der Waals surface area contributed by atoms with Gasteiger partial charge in [0.2, 0.25) is 5.95 Å². The lowest BCUT2D eigenvalue weighted by Gasteiger charge is -2.36. The molecule has 0 atom stereocenters. The maximum Gasteiger partial charge on any atom is 0.225 e. The standard InChI is InChI=1S/C20H29N7/c1-4-21-19(24-16-17-6-8-18(9-7-17)25(2)3)26-12-14-27(15-13-26)20-22-10-5-11-23-20/h5-11H,4,12-16H2,1-3H3,(H,21,24). The molecule has 1 saturated heterocycles. The van der Waals surface area contributed by atoms with Crippen LogP contribution in [0.4, 0.5) is 11.6 Å². The Balaban J connectivity index is 1.61. The molecule has 0 radical (unpaired) electrons. The predicted octanol–water partition coefficient (Wildman–Crippen LogP) is 1.83. The molecule has 2 aromatic rings. The van der Waals surface area contributed by atoms with Crippen molar-refractivity contribution < 1.29 is 0 Å². The summed E-state index contributed by atoms with van der Waals surface area (Å²) in [4.78, 5) is 20.2. The zero-order valence-corrected chi connectivity index (χ0v) is 16.5. The molecule has 144 valence electrons. The second-order valence-electron chi connectivity index (χ2n) is 6.75. The topological polar surface area (TPSA) is 59.9 Å². The van der Waals surface area contributed by atoms with Gasteiger partial charge >= 0.3 is 0 Å². The van der Waals surface area contributed by atoms with Crippen molar-refractivity contribution in [2.75, 3.05) is 56.6 Å². The SMILES string of the molecule is CCNC(=NCc1ccc(N(C)C)cc1)N1CCN(c2ncccn2)CC1. The quantitative estimate of drug-likeness (QED) is 0.643. The Labute approximate surface area is 161 Å². The number of rotatable bonds is 5. The van der Waals surface area contributed by atoms with Gasteiger partial charge in [0.05, 0.1) is 6.54 Å². The average Bonchev–Trinajstić information content (AvgIpc) is 2.72. The third-order valence-electron chi connectivity index (χ3n) is 4.61. The van der Waals surface area contributed by atoms with Gasteiger partial charge in [-0.05, 0) is 30.7 Å². The fourth-order valence-corrected chi connectivity index (χ4v) is 3.06. The lowest BCUT2D eigenvalue weighted by Crippen LogP contribution is -2.52. The van der Waals surface area contributed by atoms with E-state index in [1.165, 1.54) is 11.3 Å². The third kappa shape index (κ3) is 5.09. The number of guanidine groups is 1. The van der Waals surface area contributed by atoms with Crippen molar-refractivity contribution in [1.29, 1.82) is 0 Å². The monoisotopic (exact) mass is 367 g/mol. The summed E-state index contributed by atoms with van der Waals surface area (Å²) in [6.07, 6.45) is 3.59. The van der Waals surface area contributed by atoms with E-state index in [0.29, 0.717) is 6.54 Å². The van der Waals surface area contributed by atoms with Gasteiger partial charge in [0.25, 0.3) is 0 Å². The van der Waals surface area contributed by atoms with Crippen LogP contribution in [-0.4, -0.2) is 67.6 Å². The van der Waals surface area contributed by atoms with Crippen LogP contribution in [0.5, 0.6) is 0 Å². The number of hydrogen-bond acceptors (Lipinski definition) is 5. The van der Waals surface area contributed by atoms with Crippen molar-refractivity contribution in [3.8, 4) is 0 Å². The van der Waals surface area contributed by atoms with Crippen LogP contribution >= 0.6 is 0 Å². The number of benzene rings is 1. The molecule has 27 heavy (non-hydrogen) atoms. The van der Waals surface area contributed by atoms with Crippen molar-refractivity contribution in [1.82, 2.24) is 20.2 Å². The normalized spacial score (nSPS) is 15.0. The van der Waals surface area contributed by atoms with E-state index in [0.717, 1.165) is 44.6 Å². The molecule has 0 spiro atoms. The van der Waals surface area contributed by atoms with Crippen LogP contribution in [0, 0.1) is 0 Å². The van der Waals surface area contributed by atoms with Crippen LogP contribution in [0.15, 0.2) is 47.7 Å². The molecular formula is C20H29N7. The Morgan fingerprint density at radius 2 is 1.74 bits per heavy atom. The first-order valence-corrected chi connectivity index (χ1v) is 9.49. The van der Waals surface area contributed by atoms with Crippen molar-refractivity contribution >= 4 is 17.6 Å². The van der Waals surface area contributed by atoms with Gasteiger partial charge in [-0.25, -0.2) is 15.0 Å². The van der Waals surface area contributed by atoms with Gasteiger partial charge < -0.3 is 20.0 Å².